The molecule has 0 spiro atoms. The molecule has 0 unspecified atom stereocenters. The van der Waals surface area contributed by atoms with Gasteiger partial charge >= 0.3 is 11.8 Å². The highest BCUT2D eigenvalue weighted by Crippen LogP contribution is 2.33. The van der Waals surface area contributed by atoms with Crippen molar-refractivity contribution in [1.29, 1.82) is 0 Å². The number of ether oxygens (including phenoxy) is 3. The van der Waals surface area contributed by atoms with Gasteiger partial charge < -0.3 is 33.6 Å². The van der Waals surface area contributed by atoms with Crippen molar-refractivity contribution in [3.05, 3.63) is 83.0 Å². The van der Waals surface area contributed by atoms with E-state index in [0.29, 0.717) is 25.7 Å². The quantitative estimate of drug-likeness (QED) is 0.165. The highest BCUT2D eigenvalue weighted by atomic mass is 16.6. The van der Waals surface area contributed by atoms with Crippen molar-refractivity contribution in [2.45, 2.75) is 31.9 Å². The second-order valence-corrected chi connectivity index (χ2v) is 11.1. The van der Waals surface area contributed by atoms with Gasteiger partial charge in [0.2, 0.25) is 0 Å². The molecule has 210 valence electrons. The molecule has 0 aliphatic carbocycles. The molecule has 1 saturated heterocycles. The molecule has 2 aliphatic rings. The molecule has 0 bridgehead atoms. The Morgan fingerprint density at radius 1 is 1.00 bits per heavy atom. The molecule has 0 radical (unpaired) electrons. The first-order chi connectivity index (χ1) is 19.9. The van der Waals surface area contributed by atoms with Gasteiger partial charge in [0.25, 0.3) is 0 Å². The Balaban J connectivity index is 0.885. The van der Waals surface area contributed by atoms with Crippen molar-refractivity contribution in [3.8, 4) is 17.5 Å². The molecular formula is C31H30N4O6. The largest absolute Gasteiger partial charge is 0.493 e. The minimum absolute atomic E-state index is 0.212. The number of nitrogens with zero attached hydrogens (tertiary/aromatic N) is 4. The summed E-state index contributed by atoms with van der Waals surface area (Å²) in [6.45, 7) is 5.29. The van der Waals surface area contributed by atoms with Crippen LogP contribution in [0.1, 0.15) is 19.8 Å². The molecule has 41 heavy (non-hydrogen) atoms. The zero-order valence-electron chi connectivity index (χ0n) is 22.7. The summed E-state index contributed by atoms with van der Waals surface area (Å²) < 4.78 is 25.7. The SMILES string of the molecule is C[C@]1(COc2ccc(N3CCC(COc4ccc5c(c4)oc4ccccc45)CC3)cc2)Cn2cc([N+](=O)[O-])nc2O1. The summed E-state index contributed by atoms with van der Waals surface area (Å²) >= 11 is 0. The van der Waals surface area contributed by atoms with E-state index in [4.69, 9.17) is 18.6 Å². The summed E-state index contributed by atoms with van der Waals surface area (Å²) in [7, 11) is 0. The zero-order chi connectivity index (χ0) is 28.0. The third-order valence-corrected chi connectivity index (χ3v) is 7.95. The Morgan fingerprint density at radius 2 is 1.76 bits per heavy atom. The second-order valence-electron chi connectivity index (χ2n) is 11.1. The fraction of sp³-hybridized carbons (Fsp3) is 0.323. The van der Waals surface area contributed by atoms with Crippen molar-refractivity contribution < 1.29 is 23.6 Å². The average molecular weight is 555 g/mol. The van der Waals surface area contributed by atoms with Crippen molar-refractivity contribution in [3.63, 3.8) is 0 Å². The standard InChI is InChI=1S/C31H30N4O6/c1-31(19-34-17-29(35(36)37)32-30(34)41-31)20-39-23-8-6-22(7-9-23)33-14-12-21(13-15-33)18-38-24-10-11-26-25-4-2-3-5-27(25)40-28(26)16-24/h2-11,16-17,21H,12-15,18-20H2,1H3/t31-/m1/s1. The van der Waals surface area contributed by atoms with Crippen LogP contribution in [0.2, 0.25) is 0 Å². The van der Waals surface area contributed by atoms with Gasteiger partial charge in [-0.05, 0) is 73.1 Å². The predicted molar refractivity (Wildman–Crippen MR) is 154 cm³/mol. The normalized spacial score (nSPS) is 18.9. The zero-order valence-corrected chi connectivity index (χ0v) is 22.7. The minimum Gasteiger partial charge on any atom is -0.493 e. The Bertz CT molecular complexity index is 1690. The number of hydrogen-bond acceptors (Lipinski definition) is 8. The van der Waals surface area contributed by atoms with Crippen LogP contribution in [-0.2, 0) is 6.54 Å². The predicted octanol–water partition coefficient (Wildman–Crippen LogP) is 6.22. The fourth-order valence-electron chi connectivity index (χ4n) is 5.71. The second kappa shape index (κ2) is 10.0. The highest BCUT2D eigenvalue weighted by Gasteiger charge is 2.41. The van der Waals surface area contributed by atoms with Crippen molar-refractivity contribution in [2.75, 3.05) is 31.2 Å². The van der Waals surface area contributed by atoms with E-state index in [-0.39, 0.29) is 11.8 Å². The molecule has 5 aromatic rings. The molecule has 10 heteroatoms. The number of para-hydroxylation sites is 1. The van der Waals surface area contributed by atoms with E-state index in [2.05, 4.69) is 34.1 Å². The number of fused-ring (bicyclic) bond motifs is 4. The van der Waals surface area contributed by atoms with Crippen LogP contribution in [0.25, 0.3) is 21.9 Å². The van der Waals surface area contributed by atoms with E-state index in [1.54, 1.807) is 4.57 Å². The Labute approximate surface area is 236 Å². The molecule has 1 atom stereocenters. The van der Waals surface area contributed by atoms with E-state index in [1.165, 1.54) is 11.9 Å². The molecule has 10 nitrogen and oxygen atoms in total. The van der Waals surface area contributed by atoms with Gasteiger partial charge in [-0.15, -0.1) is 0 Å². The summed E-state index contributed by atoms with van der Waals surface area (Å²) in [5, 5.41) is 13.2. The van der Waals surface area contributed by atoms with Crippen LogP contribution in [0.5, 0.6) is 17.5 Å². The third-order valence-electron chi connectivity index (χ3n) is 7.95. The first kappa shape index (κ1) is 25.3. The topological polar surface area (TPSA) is 105 Å². The van der Waals surface area contributed by atoms with E-state index >= 15 is 0 Å². The number of piperidine rings is 1. The van der Waals surface area contributed by atoms with Gasteiger partial charge in [-0.25, -0.2) is 0 Å². The number of furan rings is 1. The van der Waals surface area contributed by atoms with E-state index in [9.17, 15) is 10.1 Å². The van der Waals surface area contributed by atoms with Crippen LogP contribution >= 0.6 is 0 Å². The van der Waals surface area contributed by atoms with Gasteiger partial charge in [0, 0.05) is 40.6 Å². The van der Waals surface area contributed by atoms with Crippen LogP contribution < -0.4 is 19.1 Å². The Kier molecular flexibility index (Phi) is 6.18. The molecule has 1 fully saturated rings. The fourth-order valence-corrected chi connectivity index (χ4v) is 5.71. The van der Waals surface area contributed by atoms with Crippen molar-refractivity contribution in [2.24, 2.45) is 5.92 Å². The lowest BCUT2D eigenvalue weighted by Gasteiger charge is -2.33. The monoisotopic (exact) mass is 554 g/mol. The summed E-state index contributed by atoms with van der Waals surface area (Å²) in [5.74, 6) is 1.89. The van der Waals surface area contributed by atoms with E-state index < -0.39 is 10.5 Å². The summed E-state index contributed by atoms with van der Waals surface area (Å²) in [5.41, 5.74) is 2.28. The number of rotatable bonds is 8. The number of benzene rings is 3. The number of hydrogen-bond donors (Lipinski definition) is 0. The summed E-state index contributed by atoms with van der Waals surface area (Å²) in [6, 6.07) is 22.6. The molecule has 7 rings (SSSR count). The molecule has 0 saturated carbocycles. The lowest BCUT2D eigenvalue weighted by atomic mass is 9.97. The van der Waals surface area contributed by atoms with Crippen molar-refractivity contribution in [1.82, 2.24) is 9.55 Å². The van der Waals surface area contributed by atoms with Gasteiger partial charge in [-0.1, -0.05) is 18.2 Å². The Morgan fingerprint density at radius 3 is 2.54 bits per heavy atom. The number of aromatic nitrogens is 2. The van der Waals surface area contributed by atoms with Gasteiger partial charge in [-0.3, -0.25) is 4.57 Å². The van der Waals surface area contributed by atoms with Crippen LogP contribution in [0.4, 0.5) is 11.5 Å². The van der Waals surface area contributed by atoms with Gasteiger partial charge in [0.1, 0.15) is 35.5 Å². The molecule has 2 aromatic heterocycles. The van der Waals surface area contributed by atoms with E-state index in [1.807, 2.05) is 49.4 Å². The number of imidazole rings is 1. The molecule has 2 aliphatic heterocycles. The third kappa shape index (κ3) is 5.01. The smallest absolute Gasteiger partial charge is 0.415 e. The summed E-state index contributed by atoms with van der Waals surface area (Å²) in [6.07, 6.45) is 3.52. The lowest BCUT2D eigenvalue weighted by Crippen LogP contribution is -2.38. The maximum atomic E-state index is 10.9. The summed E-state index contributed by atoms with van der Waals surface area (Å²) in [4.78, 5) is 16.7. The first-order valence-corrected chi connectivity index (χ1v) is 13.8. The van der Waals surface area contributed by atoms with E-state index in [0.717, 1.165) is 59.4 Å². The maximum Gasteiger partial charge on any atom is 0.415 e. The Hall–Kier alpha value is -4.73. The van der Waals surface area contributed by atoms with Gasteiger partial charge in [0.15, 0.2) is 5.60 Å². The molecule has 3 aromatic carbocycles. The number of anilines is 1. The molecule has 0 amide bonds. The maximum absolute atomic E-state index is 10.9. The lowest BCUT2D eigenvalue weighted by molar-refractivity contribution is -0.389. The van der Waals surface area contributed by atoms with Crippen LogP contribution in [0.15, 0.2) is 77.3 Å². The molecule has 0 N–H and O–H groups in total. The number of nitro groups is 1. The average Bonchev–Trinajstić information content (AvgIpc) is 3.65. The molecular weight excluding hydrogens is 524 g/mol. The molecule has 4 heterocycles. The van der Waals surface area contributed by atoms with Crippen LogP contribution in [0, 0.1) is 16.0 Å². The van der Waals surface area contributed by atoms with Crippen LogP contribution in [-0.4, -0.2) is 46.4 Å². The van der Waals surface area contributed by atoms with Crippen LogP contribution in [0.3, 0.4) is 0 Å². The first-order valence-electron chi connectivity index (χ1n) is 13.8. The van der Waals surface area contributed by atoms with Gasteiger partial charge in [-0.2, -0.15) is 0 Å². The van der Waals surface area contributed by atoms with Gasteiger partial charge in [0.05, 0.1) is 13.2 Å². The highest BCUT2D eigenvalue weighted by molar-refractivity contribution is 6.05. The van der Waals surface area contributed by atoms with Crippen molar-refractivity contribution >= 4 is 33.4 Å². The minimum atomic E-state index is -0.641.